The molecule has 0 aromatic heterocycles. The highest BCUT2D eigenvalue weighted by Gasteiger charge is 2.31. The summed E-state index contributed by atoms with van der Waals surface area (Å²) in [6.45, 7) is 7.12. The summed E-state index contributed by atoms with van der Waals surface area (Å²) < 4.78 is 5.22. The molecule has 162 valence electrons. The first kappa shape index (κ1) is 23.4. The summed E-state index contributed by atoms with van der Waals surface area (Å²) in [4.78, 5) is 37.3. The smallest absolute Gasteiger partial charge is 0.407 e. The molecule has 1 aromatic rings. The lowest BCUT2D eigenvalue weighted by atomic mass is 9.94. The van der Waals surface area contributed by atoms with Gasteiger partial charge in [-0.25, -0.2) is 4.79 Å². The lowest BCUT2D eigenvalue weighted by Crippen LogP contribution is -2.52. The number of aliphatic hydroxyl groups is 1. The van der Waals surface area contributed by atoms with Gasteiger partial charge < -0.3 is 15.2 Å². The molecule has 0 saturated carbocycles. The number of hydrogen-bond acceptors (Lipinski definition) is 5. The van der Waals surface area contributed by atoms with Gasteiger partial charge in [-0.2, -0.15) is 0 Å². The Morgan fingerprint density at radius 2 is 1.93 bits per heavy atom. The summed E-state index contributed by atoms with van der Waals surface area (Å²) in [5.74, 6) is -1.52. The number of imide groups is 1. The quantitative estimate of drug-likeness (QED) is 0.595. The first-order chi connectivity index (χ1) is 14.1. The van der Waals surface area contributed by atoms with E-state index in [1.165, 1.54) is 0 Å². The van der Waals surface area contributed by atoms with Gasteiger partial charge in [-0.15, -0.1) is 5.73 Å². The largest absolute Gasteiger partial charge is 0.444 e. The van der Waals surface area contributed by atoms with Crippen LogP contribution in [0.2, 0.25) is 0 Å². The second kappa shape index (κ2) is 10.2. The topological polar surface area (TPSA) is 105 Å². The predicted molar refractivity (Wildman–Crippen MR) is 113 cm³/mol. The summed E-state index contributed by atoms with van der Waals surface area (Å²) in [7, 11) is 0. The number of unbranched alkanes of at least 4 members (excludes halogenated alkanes) is 1. The Balaban J connectivity index is 2.08. The van der Waals surface area contributed by atoms with E-state index < -0.39 is 35.7 Å². The molecule has 1 aliphatic rings. The van der Waals surface area contributed by atoms with Gasteiger partial charge in [0.05, 0.1) is 11.6 Å². The van der Waals surface area contributed by atoms with E-state index in [1.54, 1.807) is 39.0 Å². The fourth-order valence-electron chi connectivity index (χ4n) is 3.09. The van der Waals surface area contributed by atoms with Crippen LogP contribution in [0.15, 0.2) is 36.1 Å². The number of alkyl carbamates (subject to hydrolysis) is 1. The average molecular weight is 415 g/mol. The highest BCUT2D eigenvalue weighted by Crippen LogP contribution is 2.23. The maximum atomic E-state index is 12.6. The number of fused-ring (bicyclic) bond motifs is 1. The highest BCUT2D eigenvalue weighted by atomic mass is 16.6. The fraction of sp³-hybridized carbons (Fsp3) is 0.478. The van der Waals surface area contributed by atoms with E-state index >= 15 is 0 Å². The lowest BCUT2D eigenvalue weighted by Gasteiger charge is -2.26. The van der Waals surface area contributed by atoms with Gasteiger partial charge in [0.15, 0.2) is 6.10 Å². The van der Waals surface area contributed by atoms with Crippen LogP contribution in [0.1, 0.15) is 58.1 Å². The van der Waals surface area contributed by atoms with Crippen LogP contribution in [0.25, 0.3) is 5.57 Å². The number of aliphatic hydroxyl groups excluding tert-OH is 1. The molecule has 7 nitrogen and oxygen atoms in total. The molecule has 0 radical (unpaired) electrons. The number of nitrogens with one attached hydrogen (secondary N) is 2. The molecule has 0 saturated heterocycles. The molecule has 0 aliphatic heterocycles. The van der Waals surface area contributed by atoms with Crippen LogP contribution < -0.4 is 10.6 Å². The predicted octanol–water partition coefficient (Wildman–Crippen LogP) is 2.87. The maximum Gasteiger partial charge on any atom is 0.407 e. The van der Waals surface area contributed by atoms with Gasteiger partial charge in [-0.3, -0.25) is 14.9 Å². The molecule has 30 heavy (non-hydrogen) atoms. The van der Waals surface area contributed by atoms with Crippen molar-refractivity contribution in [1.29, 1.82) is 0 Å². The summed E-state index contributed by atoms with van der Waals surface area (Å²) in [5.41, 5.74) is 4.09. The minimum Gasteiger partial charge on any atom is -0.444 e. The fourth-order valence-corrected chi connectivity index (χ4v) is 3.09. The van der Waals surface area contributed by atoms with Crippen LogP contribution in [-0.4, -0.2) is 40.8 Å². The third-order valence-corrected chi connectivity index (χ3v) is 4.54. The second-order valence-electron chi connectivity index (χ2n) is 8.24. The Morgan fingerprint density at radius 3 is 2.60 bits per heavy atom. The molecule has 2 atom stereocenters. The Hall–Kier alpha value is -2.89. The maximum absolute atomic E-state index is 12.6. The van der Waals surface area contributed by atoms with Crippen LogP contribution in [0, 0.1) is 0 Å². The van der Waals surface area contributed by atoms with Gasteiger partial charge in [0.1, 0.15) is 5.60 Å². The molecule has 0 heterocycles. The Kier molecular flexibility index (Phi) is 7.98. The van der Waals surface area contributed by atoms with Gasteiger partial charge in [-0.05, 0) is 50.8 Å². The van der Waals surface area contributed by atoms with Crippen molar-refractivity contribution in [3.05, 3.63) is 47.2 Å². The summed E-state index contributed by atoms with van der Waals surface area (Å²) in [5, 5.41) is 15.3. The van der Waals surface area contributed by atoms with Gasteiger partial charge in [0.25, 0.3) is 11.8 Å². The molecule has 7 heteroatoms. The van der Waals surface area contributed by atoms with Crippen LogP contribution in [0.4, 0.5) is 4.79 Å². The Morgan fingerprint density at radius 1 is 1.23 bits per heavy atom. The number of rotatable bonds is 7. The van der Waals surface area contributed by atoms with Crippen molar-refractivity contribution in [2.24, 2.45) is 0 Å². The van der Waals surface area contributed by atoms with Gasteiger partial charge in [0.2, 0.25) is 0 Å². The SMILES string of the molecule is CCCCC(NC(=O)OC(C)(C)C)C(O)C(=O)NC(=O)C1=C=CCc2ccccc21. The van der Waals surface area contributed by atoms with Crippen molar-refractivity contribution < 1.29 is 24.2 Å². The standard InChI is InChI=1S/C23H30N2O5/c1-5-6-14-18(24-22(29)30-23(2,3)4)19(26)21(28)25-20(27)17-13-9-11-15-10-7-8-12-16(15)17/h7-10,12,18-19,26H,5-6,11,14H2,1-4H3,(H,24,29)(H,25,27,28). The molecule has 3 N–H and O–H groups in total. The summed E-state index contributed by atoms with van der Waals surface area (Å²) in [6, 6.07) is 6.50. The molecule has 3 amide bonds. The molecule has 2 rings (SSSR count). The third-order valence-electron chi connectivity index (χ3n) is 4.54. The van der Waals surface area contributed by atoms with E-state index in [4.69, 9.17) is 4.74 Å². The zero-order valence-electron chi connectivity index (χ0n) is 18.0. The molecule has 0 bridgehead atoms. The van der Waals surface area contributed by atoms with E-state index in [0.717, 1.165) is 12.0 Å². The monoisotopic (exact) mass is 414 g/mol. The Labute approximate surface area is 177 Å². The molecule has 0 fully saturated rings. The van der Waals surface area contributed by atoms with E-state index in [-0.39, 0.29) is 5.57 Å². The molecule has 0 spiro atoms. The van der Waals surface area contributed by atoms with Crippen molar-refractivity contribution in [2.75, 3.05) is 0 Å². The van der Waals surface area contributed by atoms with Crippen molar-refractivity contribution in [3.63, 3.8) is 0 Å². The number of amides is 3. The number of ether oxygens (including phenoxy) is 1. The number of carbonyl (C=O) groups excluding carboxylic acids is 3. The molecular weight excluding hydrogens is 384 g/mol. The van der Waals surface area contributed by atoms with Crippen molar-refractivity contribution in [3.8, 4) is 0 Å². The first-order valence-electron chi connectivity index (χ1n) is 10.2. The summed E-state index contributed by atoms with van der Waals surface area (Å²) >= 11 is 0. The minimum atomic E-state index is -1.60. The van der Waals surface area contributed by atoms with Crippen molar-refractivity contribution in [1.82, 2.24) is 10.6 Å². The van der Waals surface area contributed by atoms with Gasteiger partial charge in [0, 0.05) is 0 Å². The van der Waals surface area contributed by atoms with Crippen molar-refractivity contribution >= 4 is 23.5 Å². The molecular formula is C23H30N2O5. The van der Waals surface area contributed by atoms with Gasteiger partial charge in [-0.1, -0.05) is 44.0 Å². The molecule has 1 aliphatic carbocycles. The van der Waals surface area contributed by atoms with E-state index in [2.05, 4.69) is 16.4 Å². The van der Waals surface area contributed by atoms with Crippen LogP contribution in [0.5, 0.6) is 0 Å². The molecule has 1 aromatic carbocycles. The summed E-state index contributed by atoms with van der Waals surface area (Å²) in [6.07, 6.45) is 1.91. The lowest BCUT2D eigenvalue weighted by molar-refractivity contribution is -0.135. The zero-order valence-corrected chi connectivity index (χ0v) is 18.0. The van der Waals surface area contributed by atoms with Crippen LogP contribution in [0.3, 0.4) is 0 Å². The van der Waals surface area contributed by atoms with Crippen molar-refractivity contribution in [2.45, 2.75) is 71.1 Å². The van der Waals surface area contributed by atoms with Crippen LogP contribution in [-0.2, 0) is 20.7 Å². The zero-order chi connectivity index (χ0) is 22.3. The number of carbonyl (C=O) groups is 3. The highest BCUT2D eigenvalue weighted by molar-refractivity contribution is 6.24. The minimum absolute atomic E-state index is 0.239. The van der Waals surface area contributed by atoms with Gasteiger partial charge >= 0.3 is 6.09 Å². The second-order valence-corrected chi connectivity index (χ2v) is 8.24. The van der Waals surface area contributed by atoms with Crippen LogP contribution >= 0.6 is 0 Å². The number of hydrogen-bond donors (Lipinski definition) is 3. The number of benzene rings is 1. The average Bonchev–Trinajstić information content (AvgIpc) is 2.68. The third kappa shape index (κ3) is 6.58. The van der Waals surface area contributed by atoms with E-state index in [1.807, 2.05) is 19.1 Å². The molecule has 2 unspecified atom stereocenters. The Bertz CT molecular complexity index is 863. The first-order valence-corrected chi connectivity index (χ1v) is 10.2. The normalized spacial score (nSPS) is 14.8. The van der Waals surface area contributed by atoms with E-state index in [9.17, 15) is 19.5 Å². The van der Waals surface area contributed by atoms with E-state index in [0.29, 0.717) is 24.8 Å².